The predicted molar refractivity (Wildman–Crippen MR) is 108 cm³/mol. The third-order valence-electron chi connectivity index (χ3n) is 4.32. The highest BCUT2D eigenvalue weighted by molar-refractivity contribution is 6.13. The highest BCUT2D eigenvalue weighted by Crippen LogP contribution is 2.23. The molecule has 11 nitrogen and oxygen atoms in total. The standard InChI is InChI=1S/C18H23N9O2/c1-5-6-27-13(14(28)10(3)25-27)15(19)24-17(21-4)12-11-7-22-9(2)8-26(11)18(23-12)16(20)29/h7-8,28H,5-6H2,1-4H3,(H2,20,29)(H2,19,21,24). The fraction of sp³-hybridized carbons (Fsp3) is 0.333. The summed E-state index contributed by atoms with van der Waals surface area (Å²) in [5.74, 6) is -0.719. The number of amidine groups is 2. The van der Waals surface area contributed by atoms with Gasteiger partial charge in [-0.1, -0.05) is 6.92 Å². The molecular formula is C18H23N9O2. The maximum Gasteiger partial charge on any atom is 0.285 e. The van der Waals surface area contributed by atoms with Crippen molar-refractivity contribution < 1.29 is 9.90 Å². The molecule has 0 spiro atoms. The average molecular weight is 397 g/mol. The summed E-state index contributed by atoms with van der Waals surface area (Å²) in [6.07, 6.45) is 3.99. The van der Waals surface area contributed by atoms with Crippen molar-refractivity contribution in [2.24, 2.45) is 10.7 Å². The Labute approximate surface area is 166 Å². The molecule has 0 radical (unpaired) electrons. The molecule has 3 heterocycles. The predicted octanol–water partition coefficient (Wildman–Crippen LogP) is 0.749. The molecule has 5 N–H and O–H groups in total. The number of carbonyl (C=O) groups is 1. The van der Waals surface area contributed by atoms with Gasteiger partial charge in [-0.05, 0) is 20.3 Å². The van der Waals surface area contributed by atoms with Crippen LogP contribution in [0, 0.1) is 19.3 Å². The Balaban J connectivity index is 2.15. The molecule has 0 aliphatic rings. The third-order valence-corrected chi connectivity index (χ3v) is 4.32. The SMILES string of the molecule is CCCn1nc(C)c(O)c1C(=N)/N=C(\NC)c1nc(C(N)=O)n2cc(C)ncc12. The number of nitrogens with two attached hydrogens (primary N) is 1. The topological polar surface area (TPSA) is 160 Å². The summed E-state index contributed by atoms with van der Waals surface area (Å²) in [5.41, 5.74) is 7.60. The fourth-order valence-corrected chi connectivity index (χ4v) is 3.00. The lowest BCUT2D eigenvalue weighted by molar-refractivity contribution is 0.0990. The van der Waals surface area contributed by atoms with E-state index in [1.54, 1.807) is 42.4 Å². The Morgan fingerprint density at radius 3 is 2.76 bits per heavy atom. The molecule has 0 saturated carbocycles. The van der Waals surface area contributed by atoms with Crippen LogP contribution in [0.1, 0.15) is 46.7 Å². The fourth-order valence-electron chi connectivity index (χ4n) is 3.00. The van der Waals surface area contributed by atoms with E-state index in [0.29, 0.717) is 29.1 Å². The van der Waals surface area contributed by atoms with Gasteiger partial charge in [-0.3, -0.25) is 24.3 Å². The van der Waals surface area contributed by atoms with Crippen molar-refractivity contribution in [3.05, 3.63) is 41.0 Å². The number of hydrogen-bond acceptors (Lipinski definition) is 6. The lowest BCUT2D eigenvalue weighted by atomic mass is 10.3. The van der Waals surface area contributed by atoms with E-state index >= 15 is 0 Å². The van der Waals surface area contributed by atoms with Crippen LogP contribution in [0.25, 0.3) is 5.52 Å². The average Bonchev–Trinajstić information content (AvgIpc) is 3.17. The highest BCUT2D eigenvalue weighted by atomic mass is 16.3. The number of hydrogen-bond donors (Lipinski definition) is 4. The number of carbonyl (C=O) groups excluding carboxylic acids is 1. The molecular weight excluding hydrogens is 374 g/mol. The summed E-state index contributed by atoms with van der Waals surface area (Å²) in [7, 11) is 1.62. The number of rotatable bonds is 5. The summed E-state index contributed by atoms with van der Waals surface area (Å²) in [4.78, 5) is 24.7. The van der Waals surface area contributed by atoms with Gasteiger partial charge in [-0.2, -0.15) is 5.10 Å². The van der Waals surface area contributed by atoms with E-state index in [1.165, 1.54) is 0 Å². The number of nitrogens with one attached hydrogen (secondary N) is 2. The molecule has 0 bridgehead atoms. The maximum atomic E-state index is 11.8. The van der Waals surface area contributed by atoms with Crippen LogP contribution in [0.2, 0.25) is 0 Å². The molecule has 29 heavy (non-hydrogen) atoms. The molecule has 0 unspecified atom stereocenters. The van der Waals surface area contributed by atoms with Gasteiger partial charge in [0, 0.05) is 19.8 Å². The number of amides is 1. The van der Waals surface area contributed by atoms with Gasteiger partial charge in [0.05, 0.1) is 17.4 Å². The van der Waals surface area contributed by atoms with Gasteiger partial charge in [-0.25, -0.2) is 9.98 Å². The molecule has 0 aliphatic carbocycles. The van der Waals surface area contributed by atoms with E-state index < -0.39 is 5.91 Å². The summed E-state index contributed by atoms with van der Waals surface area (Å²) in [5, 5.41) is 25.9. The number of imidazole rings is 1. The molecule has 0 saturated heterocycles. The van der Waals surface area contributed by atoms with Crippen molar-refractivity contribution in [1.82, 2.24) is 29.5 Å². The lowest BCUT2D eigenvalue weighted by Crippen LogP contribution is -2.23. The minimum Gasteiger partial charge on any atom is -0.504 e. The van der Waals surface area contributed by atoms with Crippen molar-refractivity contribution in [1.29, 1.82) is 5.41 Å². The van der Waals surface area contributed by atoms with Gasteiger partial charge >= 0.3 is 0 Å². The van der Waals surface area contributed by atoms with Crippen molar-refractivity contribution in [3.8, 4) is 5.75 Å². The number of aromatic nitrogens is 5. The van der Waals surface area contributed by atoms with Gasteiger partial charge in [0.2, 0.25) is 5.82 Å². The van der Waals surface area contributed by atoms with Crippen LogP contribution in [0.3, 0.4) is 0 Å². The molecule has 0 fully saturated rings. The van der Waals surface area contributed by atoms with Crippen molar-refractivity contribution in [2.75, 3.05) is 7.05 Å². The maximum absolute atomic E-state index is 11.8. The van der Waals surface area contributed by atoms with Crippen LogP contribution in [-0.4, -0.2) is 53.9 Å². The molecule has 0 atom stereocenters. The molecule has 3 rings (SSSR count). The molecule has 1 amide bonds. The summed E-state index contributed by atoms with van der Waals surface area (Å²) in [6.45, 7) is 5.96. The van der Waals surface area contributed by atoms with Crippen molar-refractivity contribution in [2.45, 2.75) is 33.7 Å². The second-order valence-corrected chi connectivity index (χ2v) is 6.50. The first-order valence-electron chi connectivity index (χ1n) is 9.05. The van der Waals surface area contributed by atoms with Gasteiger partial charge in [0.25, 0.3) is 5.91 Å². The third kappa shape index (κ3) is 3.53. The largest absolute Gasteiger partial charge is 0.504 e. The molecule has 11 heteroatoms. The van der Waals surface area contributed by atoms with Crippen molar-refractivity contribution >= 4 is 23.1 Å². The van der Waals surface area contributed by atoms with Gasteiger partial charge in [-0.15, -0.1) is 0 Å². The number of aromatic hydroxyl groups is 1. The van der Waals surface area contributed by atoms with Crippen LogP contribution in [-0.2, 0) is 6.54 Å². The minimum absolute atomic E-state index is 0.0321. The normalized spacial score (nSPS) is 11.8. The number of aryl methyl sites for hydroxylation is 3. The lowest BCUT2D eigenvalue weighted by Gasteiger charge is -2.07. The molecule has 0 aromatic carbocycles. The van der Waals surface area contributed by atoms with Gasteiger partial charge < -0.3 is 16.2 Å². The Morgan fingerprint density at radius 1 is 1.41 bits per heavy atom. The van der Waals surface area contributed by atoms with E-state index in [2.05, 4.69) is 25.4 Å². The molecule has 3 aromatic heterocycles. The monoisotopic (exact) mass is 397 g/mol. The summed E-state index contributed by atoms with van der Waals surface area (Å²) in [6, 6.07) is 0. The first kappa shape index (κ1) is 20.0. The Kier molecular flexibility index (Phi) is 5.31. The molecule has 3 aromatic rings. The molecule has 152 valence electrons. The van der Waals surface area contributed by atoms with Crippen molar-refractivity contribution in [3.63, 3.8) is 0 Å². The Bertz CT molecular complexity index is 1140. The highest BCUT2D eigenvalue weighted by Gasteiger charge is 2.22. The molecule has 0 aliphatic heterocycles. The zero-order valence-corrected chi connectivity index (χ0v) is 16.7. The Hall–Kier alpha value is -3.76. The smallest absolute Gasteiger partial charge is 0.285 e. The van der Waals surface area contributed by atoms with E-state index in [1.807, 2.05) is 6.92 Å². The van der Waals surface area contributed by atoms with E-state index in [4.69, 9.17) is 11.1 Å². The number of fused-ring (bicyclic) bond motifs is 1. The van der Waals surface area contributed by atoms with Crippen LogP contribution < -0.4 is 11.1 Å². The van der Waals surface area contributed by atoms with E-state index in [-0.39, 0.29) is 28.9 Å². The van der Waals surface area contributed by atoms with Crippen LogP contribution in [0.5, 0.6) is 5.75 Å². The second-order valence-electron chi connectivity index (χ2n) is 6.50. The number of aliphatic imine (C=N–C) groups is 1. The van der Waals surface area contributed by atoms with Crippen LogP contribution in [0.4, 0.5) is 0 Å². The summed E-state index contributed by atoms with van der Waals surface area (Å²) >= 11 is 0. The first-order valence-corrected chi connectivity index (χ1v) is 9.05. The first-order chi connectivity index (χ1) is 13.8. The second kappa shape index (κ2) is 7.70. The minimum atomic E-state index is -0.698. The van der Waals surface area contributed by atoms with Gasteiger partial charge in [0.15, 0.2) is 17.4 Å². The van der Waals surface area contributed by atoms with Crippen LogP contribution >= 0.6 is 0 Å². The van der Waals surface area contributed by atoms with E-state index in [9.17, 15) is 9.90 Å². The van der Waals surface area contributed by atoms with Gasteiger partial charge in [0.1, 0.15) is 17.1 Å². The number of primary amides is 1. The Morgan fingerprint density at radius 2 is 2.14 bits per heavy atom. The summed E-state index contributed by atoms with van der Waals surface area (Å²) < 4.78 is 3.09. The zero-order valence-electron chi connectivity index (χ0n) is 16.7. The van der Waals surface area contributed by atoms with Crippen LogP contribution in [0.15, 0.2) is 17.4 Å². The number of nitrogens with zero attached hydrogens (tertiary/aromatic N) is 6. The zero-order chi connectivity index (χ0) is 21.3. The van der Waals surface area contributed by atoms with E-state index in [0.717, 1.165) is 6.42 Å². The quantitative estimate of drug-likeness (QED) is 0.367.